The fourth-order valence-electron chi connectivity index (χ4n) is 1.52. The van der Waals surface area contributed by atoms with E-state index in [4.69, 9.17) is 0 Å². The van der Waals surface area contributed by atoms with Crippen LogP contribution < -0.4 is 0 Å². The van der Waals surface area contributed by atoms with Crippen LogP contribution in [0.2, 0.25) is 0 Å². The smallest absolute Gasteiger partial charge is 0.162 e. The van der Waals surface area contributed by atoms with Gasteiger partial charge in [-0.05, 0) is 33.9 Å². The van der Waals surface area contributed by atoms with Crippen molar-refractivity contribution in [3.05, 3.63) is 35.9 Å². The molecular weight excluding hydrogens is 198 g/mol. The van der Waals surface area contributed by atoms with E-state index in [1.807, 2.05) is 30.3 Å². The molecule has 0 unspecified atom stereocenters. The van der Waals surface area contributed by atoms with Crippen molar-refractivity contribution in [2.75, 3.05) is 13.6 Å². The first-order valence-electron chi connectivity index (χ1n) is 5.89. The van der Waals surface area contributed by atoms with Crippen LogP contribution >= 0.6 is 0 Å². The lowest BCUT2D eigenvalue weighted by Crippen LogP contribution is -2.27. The van der Waals surface area contributed by atoms with Gasteiger partial charge in [-0.1, -0.05) is 30.3 Å². The van der Waals surface area contributed by atoms with Crippen LogP contribution in [-0.2, 0) is 0 Å². The highest BCUT2D eigenvalue weighted by Crippen LogP contribution is 2.06. The zero-order valence-electron chi connectivity index (χ0n) is 10.4. The summed E-state index contributed by atoms with van der Waals surface area (Å²) in [5.74, 6) is 0.248. The second-order valence-electron chi connectivity index (χ2n) is 4.47. The summed E-state index contributed by atoms with van der Waals surface area (Å²) in [4.78, 5) is 14.0. The Morgan fingerprint density at radius 2 is 1.88 bits per heavy atom. The third-order valence-electron chi connectivity index (χ3n) is 2.89. The molecule has 0 aromatic heterocycles. The number of rotatable bonds is 6. The van der Waals surface area contributed by atoms with E-state index in [2.05, 4.69) is 25.8 Å². The largest absolute Gasteiger partial charge is 0.304 e. The Labute approximate surface area is 98.3 Å². The SMILES string of the molecule is CC(C)N(C)CCCC(=O)c1ccccc1. The van der Waals surface area contributed by atoms with Crippen LogP contribution in [0, 0.1) is 0 Å². The molecule has 0 N–H and O–H groups in total. The minimum absolute atomic E-state index is 0.248. The van der Waals surface area contributed by atoms with Gasteiger partial charge in [-0.2, -0.15) is 0 Å². The topological polar surface area (TPSA) is 20.3 Å². The zero-order chi connectivity index (χ0) is 12.0. The van der Waals surface area contributed by atoms with Gasteiger partial charge < -0.3 is 4.90 Å². The second-order valence-corrected chi connectivity index (χ2v) is 4.47. The number of nitrogens with zero attached hydrogens (tertiary/aromatic N) is 1. The third-order valence-corrected chi connectivity index (χ3v) is 2.89. The number of carbonyl (C=O) groups excluding carboxylic acids is 1. The van der Waals surface area contributed by atoms with E-state index < -0.39 is 0 Å². The zero-order valence-corrected chi connectivity index (χ0v) is 10.4. The molecule has 0 saturated carbocycles. The van der Waals surface area contributed by atoms with E-state index in [1.165, 1.54) is 0 Å². The van der Waals surface area contributed by atoms with E-state index in [9.17, 15) is 4.79 Å². The average molecular weight is 219 g/mol. The van der Waals surface area contributed by atoms with Gasteiger partial charge in [0.05, 0.1) is 0 Å². The number of hydrogen-bond acceptors (Lipinski definition) is 2. The molecule has 88 valence electrons. The van der Waals surface area contributed by atoms with Gasteiger partial charge in [-0.3, -0.25) is 4.79 Å². The van der Waals surface area contributed by atoms with Crippen LogP contribution in [0.4, 0.5) is 0 Å². The summed E-state index contributed by atoms with van der Waals surface area (Å²) in [5.41, 5.74) is 0.828. The van der Waals surface area contributed by atoms with Crippen molar-refractivity contribution in [2.45, 2.75) is 32.7 Å². The summed E-state index contributed by atoms with van der Waals surface area (Å²) in [7, 11) is 2.09. The van der Waals surface area contributed by atoms with Crippen molar-refractivity contribution >= 4 is 5.78 Å². The maximum Gasteiger partial charge on any atom is 0.162 e. The molecular formula is C14H21NO. The van der Waals surface area contributed by atoms with E-state index in [0.717, 1.165) is 18.5 Å². The molecule has 0 fully saturated rings. The Morgan fingerprint density at radius 3 is 2.44 bits per heavy atom. The highest BCUT2D eigenvalue weighted by Gasteiger charge is 2.07. The Hall–Kier alpha value is -1.15. The van der Waals surface area contributed by atoms with Gasteiger partial charge in [-0.25, -0.2) is 0 Å². The van der Waals surface area contributed by atoms with Crippen LogP contribution in [0.5, 0.6) is 0 Å². The van der Waals surface area contributed by atoms with Crippen molar-refractivity contribution in [3.63, 3.8) is 0 Å². The van der Waals surface area contributed by atoms with Gasteiger partial charge in [0.1, 0.15) is 0 Å². The Kier molecular flexibility index (Phi) is 5.20. The molecule has 0 bridgehead atoms. The van der Waals surface area contributed by atoms with Crippen LogP contribution in [0.15, 0.2) is 30.3 Å². The Morgan fingerprint density at radius 1 is 1.25 bits per heavy atom. The van der Waals surface area contributed by atoms with Crippen molar-refractivity contribution in [3.8, 4) is 0 Å². The molecule has 1 aromatic rings. The second kappa shape index (κ2) is 6.44. The molecule has 0 amide bonds. The molecule has 16 heavy (non-hydrogen) atoms. The molecule has 2 heteroatoms. The number of Topliss-reactive ketones (excluding diaryl/α,β-unsaturated/α-hetero) is 1. The van der Waals surface area contributed by atoms with Gasteiger partial charge in [0.2, 0.25) is 0 Å². The molecule has 0 aliphatic carbocycles. The number of benzene rings is 1. The summed E-state index contributed by atoms with van der Waals surface area (Å²) < 4.78 is 0. The van der Waals surface area contributed by atoms with Crippen LogP contribution in [0.25, 0.3) is 0 Å². The van der Waals surface area contributed by atoms with Crippen LogP contribution in [-0.4, -0.2) is 30.3 Å². The number of ketones is 1. The van der Waals surface area contributed by atoms with Crippen molar-refractivity contribution in [1.29, 1.82) is 0 Å². The van der Waals surface area contributed by atoms with Gasteiger partial charge in [0.25, 0.3) is 0 Å². The first-order valence-corrected chi connectivity index (χ1v) is 5.89. The fraction of sp³-hybridized carbons (Fsp3) is 0.500. The monoisotopic (exact) mass is 219 g/mol. The quantitative estimate of drug-likeness (QED) is 0.685. The van der Waals surface area contributed by atoms with Gasteiger partial charge in [-0.15, -0.1) is 0 Å². The van der Waals surface area contributed by atoms with Crippen LogP contribution in [0.3, 0.4) is 0 Å². The highest BCUT2D eigenvalue weighted by molar-refractivity contribution is 5.95. The van der Waals surface area contributed by atoms with E-state index in [-0.39, 0.29) is 5.78 Å². The van der Waals surface area contributed by atoms with E-state index in [1.54, 1.807) is 0 Å². The maximum absolute atomic E-state index is 11.8. The third kappa shape index (κ3) is 4.15. The maximum atomic E-state index is 11.8. The Bertz CT molecular complexity index is 319. The summed E-state index contributed by atoms with van der Waals surface area (Å²) >= 11 is 0. The first-order chi connectivity index (χ1) is 7.61. The molecule has 0 spiro atoms. The average Bonchev–Trinajstić information content (AvgIpc) is 2.29. The fourth-order valence-corrected chi connectivity index (χ4v) is 1.52. The highest BCUT2D eigenvalue weighted by atomic mass is 16.1. The summed E-state index contributed by atoms with van der Waals surface area (Å²) in [5, 5.41) is 0. The molecule has 0 heterocycles. The normalized spacial score (nSPS) is 11.1. The lowest BCUT2D eigenvalue weighted by molar-refractivity contribution is 0.0974. The standard InChI is InChI=1S/C14H21NO/c1-12(2)15(3)11-7-10-14(16)13-8-5-4-6-9-13/h4-6,8-9,12H,7,10-11H2,1-3H3. The molecule has 1 rings (SSSR count). The van der Waals surface area contributed by atoms with Crippen molar-refractivity contribution < 1.29 is 4.79 Å². The van der Waals surface area contributed by atoms with E-state index in [0.29, 0.717) is 12.5 Å². The molecule has 0 saturated heterocycles. The number of carbonyl (C=O) groups is 1. The predicted octanol–water partition coefficient (Wildman–Crippen LogP) is 2.99. The predicted molar refractivity (Wildman–Crippen MR) is 67.8 cm³/mol. The van der Waals surface area contributed by atoms with Gasteiger partial charge in [0.15, 0.2) is 5.78 Å². The molecule has 0 radical (unpaired) electrons. The summed E-state index contributed by atoms with van der Waals surface area (Å²) in [6.07, 6.45) is 1.57. The van der Waals surface area contributed by atoms with Crippen molar-refractivity contribution in [2.24, 2.45) is 0 Å². The summed E-state index contributed by atoms with van der Waals surface area (Å²) in [6.45, 7) is 5.31. The van der Waals surface area contributed by atoms with Gasteiger partial charge in [0, 0.05) is 18.0 Å². The van der Waals surface area contributed by atoms with E-state index >= 15 is 0 Å². The lowest BCUT2D eigenvalue weighted by atomic mass is 10.1. The molecule has 1 aromatic carbocycles. The minimum Gasteiger partial charge on any atom is -0.304 e. The molecule has 2 nitrogen and oxygen atoms in total. The minimum atomic E-state index is 0.248. The van der Waals surface area contributed by atoms with Crippen LogP contribution in [0.1, 0.15) is 37.0 Å². The lowest BCUT2D eigenvalue weighted by Gasteiger charge is -2.20. The molecule has 0 aliphatic heterocycles. The number of hydrogen-bond donors (Lipinski definition) is 0. The first kappa shape index (κ1) is 12.9. The van der Waals surface area contributed by atoms with Gasteiger partial charge >= 0.3 is 0 Å². The Balaban J connectivity index is 2.31. The molecule has 0 aliphatic rings. The molecule has 0 atom stereocenters. The summed E-state index contributed by atoms with van der Waals surface area (Å²) in [6, 6.07) is 10.1. The van der Waals surface area contributed by atoms with Crippen molar-refractivity contribution in [1.82, 2.24) is 4.90 Å².